The maximum absolute atomic E-state index is 11.8. The van der Waals surface area contributed by atoms with E-state index in [1.165, 1.54) is 6.07 Å². The van der Waals surface area contributed by atoms with Gasteiger partial charge in [-0.2, -0.15) is 0 Å². The van der Waals surface area contributed by atoms with Gasteiger partial charge in [-0.1, -0.05) is 17.7 Å². The number of hydrogen-bond acceptors (Lipinski definition) is 4. The second kappa shape index (κ2) is 6.30. The van der Waals surface area contributed by atoms with Gasteiger partial charge in [-0.25, -0.2) is 0 Å². The van der Waals surface area contributed by atoms with Gasteiger partial charge in [-0.05, 0) is 48.7 Å². The first-order valence-electron chi connectivity index (χ1n) is 7.25. The molecule has 0 bridgehead atoms. The summed E-state index contributed by atoms with van der Waals surface area (Å²) in [5.41, 5.74) is 2.40. The largest absolute Gasteiger partial charge is 0.508 e. The summed E-state index contributed by atoms with van der Waals surface area (Å²) in [5.74, 6) is -0.576. The number of carbonyl (C=O) groups is 2. The van der Waals surface area contributed by atoms with Crippen LogP contribution in [0.3, 0.4) is 0 Å². The SMILES string of the molecule is O=C1NC(=O)c2c(NCCCc3cc(O)cc(Cl)c3)cccc21. The molecule has 1 aliphatic heterocycles. The smallest absolute Gasteiger partial charge is 0.261 e. The van der Waals surface area contributed by atoms with Crippen LogP contribution in [0.4, 0.5) is 5.69 Å². The number of aryl methyl sites for hydroxylation is 1. The average molecular weight is 331 g/mol. The number of fused-ring (bicyclic) bond motifs is 1. The van der Waals surface area contributed by atoms with E-state index in [4.69, 9.17) is 11.6 Å². The number of benzene rings is 2. The molecule has 2 aromatic rings. The Morgan fingerprint density at radius 1 is 1.13 bits per heavy atom. The van der Waals surface area contributed by atoms with Crippen molar-refractivity contribution in [1.29, 1.82) is 0 Å². The normalized spacial score (nSPS) is 12.9. The van der Waals surface area contributed by atoms with Crippen molar-refractivity contribution in [2.45, 2.75) is 12.8 Å². The molecule has 0 atom stereocenters. The summed E-state index contributed by atoms with van der Waals surface area (Å²) < 4.78 is 0. The Bertz CT molecular complexity index is 769. The molecule has 0 spiro atoms. The first-order chi connectivity index (χ1) is 11.0. The van der Waals surface area contributed by atoms with Crippen LogP contribution in [0.25, 0.3) is 0 Å². The van der Waals surface area contributed by atoms with Crippen molar-refractivity contribution >= 4 is 29.1 Å². The third-order valence-electron chi connectivity index (χ3n) is 3.66. The molecule has 0 radical (unpaired) electrons. The Morgan fingerprint density at radius 2 is 1.96 bits per heavy atom. The first kappa shape index (κ1) is 15.4. The molecule has 0 unspecified atom stereocenters. The molecule has 3 N–H and O–H groups in total. The number of phenolic OH excluding ortho intramolecular Hbond substituents is 1. The summed E-state index contributed by atoms with van der Waals surface area (Å²) in [5, 5.41) is 15.5. The molecule has 1 aliphatic rings. The highest BCUT2D eigenvalue weighted by molar-refractivity contribution is 6.30. The highest BCUT2D eigenvalue weighted by Crippen LogP contribution is 2.24. The number of phenols is 1. The molecule has 0 aromatic heterocycles. The van der Waals surface area contributed by atoms with Crippen LogP contribution in [0.15, 0.2) is 36.4 Å². The van der Waals surface area contributed by atoms with Gasteiger partial charge in [0.15, 0.2) is 0 Å². The monoisotopic (exact) mass is 330 g/mol. The molecule has 1 heterocycles. The fraction of sp³-hybridized carbons (Fsp3) is 0.176. The van der Waals surface area contributed by atoms with Crippen molar-refractivity contribution in [3.63, 3.8) is 0 Å². The Kier molecular flexibility index (Phi) is 4.21. The number of amides is 2. The van der Waals surface area contributed by atoms with Crippen LogP contribution >= 0.6 is 11.6 Å². The van der Waals surface area contributed by atoms with E-state index in [2.05, 4.69) is 10.6 Å². The van der Waals surface area contributed by atoms with Crippen LogP contribution in [0.5, 0.6) is 5.75 Å². The fourth-order valence-corrected chi connectivity index (χ4v) is 2.91. The molecule has 23 heavy (non-hydrogen) atoms. The molecule has 2 aromatic carbocycles. The third kappa shape index (κ3) is 3.29. The zero-order valence-corrected chi connectivity index (χ0v) is 13.0. The van der Waals surface area contributed by atoms with Crippen LogP contribution in [0.1, 0.15) is 32.7 Å². The lowest BCUT2D eigenvalue weighted by atomic mass is 10.1. The van der Waals surface area contributed by atoms with Crippen LogP contribution < -0.4 is 10.6 Å². The number of rotatable bonds is 5. The molecule has 3 rings (SSSR count). The van der Waals surface area contributed by atoms with Gasteiger partial charge >= 0.3 is 0 Å². The molecule has 5 nitrogen and oxygen atoms in total. The van der Waals surface area contributed by atoms with Gasteiger partial charge in [-0.3, -0.25) is 14.9 Å². The molecule has 0 aliphatic carbocycles. The first-order valence-corrected chi connectivity index (χ1v) is 7.63. The second-order valence-electron chi connectivity index (χ2n) is 5.36. The molecule has 2 amide bonds. The molecule has 0 saturated heterocycles. The summed E-state index contributed by atoms with van der Waals surface area (Å²) in [6.45, 7) is 0.630. The maximum Gasteiger partial charge on any atom is 0.261 e. The Labute approximate surface area is 138 Å². The van der Waals surface area contributed by atoms with Crippen LogP contribution in [-0.2, 0) is 6.42 Å². The molecule has 6 heteroatoms. The summed E-state index contributed by atoms with van der Waals surface area (Å²) in [6.07, 6.45) is 1.53. The minimum Gasteiger partial charge on any atom is -0.508 e. The predicted molar refractivity (Wildman–Crippen MR) is 88.2 cm³/mol. The van der Waals surface area contributed by atoms with Crippen molar-refractivity contribution in [1.82, 2.24) is 5.32 Å². The van der Waals surface area contributed by atoms with E-state index in [9.17, 15) is 14.7 Å². The minimum atomic E-state index is -0.368. The number of aromatic hydroxyl groups is 1. The number of nitrogens with one attached hydrogen (secondary N) is 2. The van der Waals surface area contributed by atoms with E-state index in [1.54, 1.807) is 24.3 Å². The average Bonchev–Trinajstić information content (AvgIpc) is 2.78. The third-order valence-corrected chi connectivity index (χ3v) is 3.88. The van der Waals surface area contributed by atoms with Gasteiger partial charge in [-0.15, -0.1) is 0 Å². The second-order valence-corrected chi connectivity index (χ2v) is 5.80. The van der Waals surface area contributed by atoms with Gasteiger partial charge in [0.05, 0.1) is 11.1 Å². The number of imide groups is 1. The van der Waals surface area contributed by atoms with E-state index in [-0.39, 0.29) is 17.6 Å². The highest BCUT2D eigenvalue weighted by Gasteiger charge is 2.28. The Hall–Kier alpha value is -2.53. The van der Waals surface area contributed by atoms with E-state index in [0.717, 1.165) is 18.4 Å². The fourth-order valence-electron chi connectivity index (χ4n) is 2.66. The van der Waals surface area contributed by atoms with Crippen molar-refractivity contribution < 1.29 is 14.7 Å². The van der Waals surface area contributed by atoms with Crippen LogP contribution in [-0.4, -0.2) is 23.5 Å². The van der Waals surface area contributed by atoms with Gasteiger partial charge in [0.1, 0.15) is 5.75 Å². The predicted octanol–water partition coefficient (Wildman–Crippen LogP) is 2.97. The lowest BCUT2D eigenvalue weighted by molar-refractivity contribution is 0.0880. The molecule has 118 valence electrons. The summed E-state index contributed by atoms with van der Waals surface area (Å²) in [7, 11) is 0. The number of carbonyl (C=O) groups excluding carboxylic acids is 2. The topological polar surface area (TPSA) is 78.4 Å². The standard InChI is InChI=1S/C17H15ClN2O3/c18-11-7-10(8-12(21)9-11)3-2-6-19-14-5-1-4-13-15(14)17(23)20-16(13)22/h1,4-5,7-9,19,21H,2-3,6H2,(H,20,22,23). The number of halogens is 1. The van der Waals surface area contributed by atoms with Crippen molar-refractivity contribution in [2.24, 2.45) is 0 Å². The molecular formula is C17H15ClN2O3. The number of hydrogen-bond donors (Lipinski definition) is 3. The maximum atomic E-state index is 11.8. The van der Waals surface area contributed by atoms with Crippen LogP contribution in [0, 0.1) is 0 Å². The van der Waals surface area contributed by atoms with Crippen molar-refractivity contribution in [3.05, 3.63) is 58.1 Å². The summed E-state index contributed by atoms with van der Waals surface area (Å²) in [4.78, 5) is 23.4. The molecule has 0 fully saturated rings. The van der Waals surface area contributed by atoms with Crippen LogP contribution in [0.2, 0.25) is 5.02 Å². The highest BCUT2D eigenvalue weighted by atomic mass is 35.5. The zero-order valence-electron chi connectivity index (χ0n) is 12.2. The van der Waals surface area contributed by atoms with Gasteiger partial charge < -0.3 is 10.4 Å². The quantitative estimate of drug-likeness (QED) is 0.581. The van der Waals surface area contributed by atoms with Gasteiger partial charge in [0.2, 0.25) is 0 Å². The summed E-state index contributed by atoms with van der Waals surface area (Å²) in [6, 6.07) is 10.1. The minimum absolute atomic E-state index is 0.150. The lowest BCUT2D eigenvalue weighted by Gasteiger charge is -2.09. The van der Waals surface area contributed by atoms with E-state index < -0.39 is 0 Å². The summed E-state index contributed by atoms with van der Waals surface area (Å²) >= 11 is 5.90. The molecular weight excluding hydrogens is 316 g/mol. The lowest BCUT2D eigenvalue weighted by Crippen LogP contribution is -2.20. The molecule has 0 saturated carbocycles. The Morgan fingerprint density at radius 3 is 2.74 bits per heavy atom. The van der Waals surface area contributed by atoms with Crippen molar-refractivity contribution in [2.75, 3.05) is 11.9 Å². The van der Waals surface area contributed by atoms with E-state index in [0.29, 0.717) is 28.4 Å². The Balaban J connectivity index is 1.62. The van der Waals surface area contributed by atoms with Crippen molar-refractivity contribution in [3.8, 4) is 5.75 Å². The number of anilines is 1. The van der Waals surface area contributed by atoms with Gasteiger partial charge in [0.25, 0.3) is 11.8 Å². The van der Waals surface area contributed by atoms with Gasteiger partial charge in [0, 0.05) is 17.3 Å². The van der Waals surface area contributed by atoms with E-state index in [1.807, 2.05) is 6.07 Å². The zero-order chi connectivity index (χ0) is 16.4. The van der Waals surface area contributed by atoms with E-state index >= 15 is 0 Å².